The Bertz CT molecular complexity index is 347. The van der Waals surface area contributed by atoms with Crippen molar-refractivity contribution in [3.8, 4) is 0 Å². The van der Waals surface area contributed by atoms with E-state index in [2.05, 4.69) is 67.2 Å². The zero-order valence-corrected chi connectivity index (χ0v) is 14.5. The summed E-state index contributed by atoms with van der Waals surface area (Å²) in [5, 5.41) is 0. The van der Waals surface area contributed by atoms with E-state index in [9.17, 15) is 0 Å². The SMILES string of the molecule is CC(C)(C)C1=C(C(C)(C)C)N(C(C)(C)C)CCCO1. The lowest BCUT2D eigenvalue weighted by atomic mass is 9.81. The molecule has 0 aromatic carbocycles. The van der Waals surface area contributed by atoms with Crippen molar-refractivity contribution in [2.45, 2.75) is 74.3 Å². The summed E-state index contributed by atoms with van der Waals surface area (Å²) >= 11 is 0. The molecular weight excluding hydrogens is 234 g/mol. The highest BCUT2D eigenvalue weighted by Crippen LogP contribution is 2.42. The van der Waals surface area contributed by atoms with E-state index < -0.39 is 0 Å². The Kier molecular flexibility index (Phi) is 4.34. The molecule has 0 amide bonds. The summed E-state index contributed by atoms with van der Waals surface area (Å²) in [6.45, 7) is 22.4. The third kappa shape index (κ3) is 3.90. The lowest BCUT2D eigenvalue weighted by molar-refractivity contribution is 0.128. The highest BCUT2D eigenvalue weighted by Gasteiger charge is 2.38. The molecule has 2 heteroatoms. The lowest BCUT2D eigenvalue weighted by Gasteiger charge is -2.45. The number of ether oxygens (including phenoxy) is 1. The largest absolute Gasteiger partial charge is 0.495 e. The topological polar surface area (TPSA) is 12.5 Å². The zero-order valence-electron chi connectivity index (χ0n) is 14.5. The Morgan fingerprint density at radius 2 is 1.37 bits per heavy atom. The van der Waals surface area contributed by atoms with E-state index in [1.54, 1.807) is 0 Å². The van der Waals surface area contributed by atoms with Gasteiger partial charge in [-0.1, -0.05) is 41.5 Å². The van der Waals surface area contributed by atoms with Crippen molar-refractivity contribution in [1.29, 1.82) is 0 Å². The maximum absolute atomic E-state index is 6.17. The summed E-state index contributed by atoms with van der Waals surface area (Å²) in [5.74, 6) is 1.17. The fraction of sp³-hybridized carbons (Fsp3) is 0.882. The van der Waals surface area contributed by atoms with Gasteiger partial charge in [-0.25, -0.2) is 0 Å². The summed E-state index contributed by atoms with van der Waals surface area (Å²) in [7, 11) is 0. The molecule has 0 atom stereocenters. The molecule has 0 aromatic heterocycles. The molecule has 0 aromatic rings. The Morgan fingerprint density at radius 1 is 0.842 bits per heavy atom. The molecule has 19 heavy (non-hydrogen) atoms. The first kappa shape index (κ1) is 16.4. The summed E-state index contributed by atoms with van der Waals surface area (Å²) in [5.41, 5.74) is 1.66. The van der Waals surface area contributed by atoms with Gasteiger partial charge >= 0.3 is 0 Å². The maximum atomic E-state index is 6.17. The van der Waals surface area contributed by atoms with Crippen molar-refractivity contribution in [2.75, 3.05) is 13.2 Å². The second-order valence-corrected chi connectivity index (χ2v) is 8.70. The summed E-state index contributed by atoms with van der Waals surface area (Å²) in [4.78, 5) is 2.56. The van der Waals surface area contributed by atoms with E-state index in [-0.39, 0.29) is 16.4 Å². The molecule has 0 N–H and O–H groups in total. The van der Waals surface area contributed by atoms with Crippen LogP contribution in [0.15, 0.2) is 11.5 Å². The monoisotopic (exact) mass is 267 g/mol. The molecule has 0 fully saturated rings. The standard InChI is InChI=1S/C17H33NO/c1-15(2,3)13-14(16(4,5)6)19-12-10-11-18(13)17(7,8)9/h10-12H2,1-9H3. The van der Waals surface area contributed by atoms with Crippen LogP contribution in [0.5, 0.6) is 0 Å². The summed E-state index contributed by atoms with van der Waals surface area (Å²) in [6.07, 6.45) is 1.09. The first-order valence-corrected chi connectivity index (χ1v) is 7.51. The van der Waals surface area contributed by atoms with E-state index in [1.807, 2.05) is 0 Å². The minimum absolute atomic E-state index is 0.0520. The van der Waals surface area contributed by atoms with Gasteiger partial charge in [0, 0.05) is 22.9 Å². The Balaban J connectivity index is 3.47. The number of rotatable bonds is 0. The van der Waals surface area contributed by atoms with Crippen LogP contribution < -0.4 is 0 Å². The highest BCUT2D eigenvalue weighted by molar-refractivity contribution is 5.22. The molecule has 1 heterocycles. The highest BCUT2D eigenvalue weighted by atomic mass is 16.5. The van der Waals surface area contributed by atoms with Crippen LogP contribution >= 0.6 is 0 Å². The molecule has 0 spiro atoms. The van der Waals surface area contributed by atoms with E-state index in [0.717, 1.165) is 19.6 Å². The fourth-order valence-electron chi connectivity index (χ4n) is 2.69. The molecule has 0 unspecified atom stereocenters. The van der Waals surface area contributed by atoms with Gasteiger partial charge in [-0.2, -0.15) is 0 Å². The molecule has 112 valence electrons. The van der Waals surface area contributed by atoms with Crippen molar-refractivity contribution >= 4 is 0 Å². The van der Waals surface area contributed by atoms with Crippen LogP contribution in [0.4, 0.5) is 0 Å². The molecule has 0 saturated heterocycles. The smallest absolute Gasteiger partial charge is 0.121 e. The molecule has 2 nitrogen and oxygen atoms in total. The van der Waals surface area contributed by atoms with E-state index in [1.165, 1.54) is 11.5 Å². The zero-order chi connectivity index (χ0) is 15.1. The van der Waals surface area contributed by atoms with Gasteiger partial charge in [-0.05, 0) is 27.2 Å². The van der Waals surface area contributed by atoms with Crippen LogP contribution in [0.1, 0.15) is 68.7 Å². The number of hydrogen-bond donors (Lipinski definition) is 0. The third-order valence-corrected chi connectivity index (χ3v) is 3.46. The van der Waals surface area contributed by atoms with E-state index in [4.69, 9.17) is 4.74 Å². The minimum Gasteiger partial charge on any atom is -0.495 e. The van der Waals surface area contributed by atoms with Gasteiger partial charge in [-0.15, -0.1) is 0 Å². The van der Waals surface area contributed by atoms with Gasteiger partial charge in [0.1, 0.15) is 5.76 Å². The predicted molar refractivity (Wildman–Crippen MR) is 83.0 cm³/mol. The van der Waals surface area contributed by atoms with Crippen LogP contribution in [0.25, 0.3) is 0 Å². The van der Waals surface area contributed by atoms with Crippen LogP contribution in [0.2, 0.25) is 0 Å². The maximum Gasteiger partial charge on any atom is 0.121 e. The Morgan fingerprint density at radius 3 is 1.74 bits per heavy atom. The Hall–Kier alpha value is -0.660. The van der Waals surface area contributed by atoms with Gasteiger partial charge in [0.2, 0.25) is 0 Å². The molecule has 0 saturated carbocycles. The van der Waals surface area contributed by atoms with Crippen LogP contribution in [-0.4, -0.2) is 23.6 Å². The molecule has 0 bridgehead atoms. The van der Waals surface area contributed by atoms with Crippen LogP contribution in [0, 0.1) is 10.8 Å². The van der Waals surface area contributed by atoms with Gasteiger partial charge in [0.25, 0.3) is 0 Å². The second kappa shape index (κ2) is 5.03. The summed E-state index contributed by atoms with van der Waals surface area (Å²) in [6, 6.07) is 0. The lowest BCUT2D eigenvalue weighted by Crippen LogP contribution is -2.45. The molecule has 0 aliphatic carbocycles. The van der Waals surface area contributed by atoms with Crippen molar-refractivity contribution in [3.63, 3.8) is 0 Å². The van der Waals surface area contributed by atoms with E-state index >= 15 is 0 Å². The quantitative estimate of drug-likeness (QED) is 0.624. The van der Waals surface area contributed by atoms with Crippen LogP contribution in [-0.2, 0) is 4.74 Å². The number of allylic oxidation sites excluding steroid dienone is 2. The van der Waals surface area contributed by atoms with Gasteiger partial charge < -0.3 is 9.64 Å². The Labute approximate surface area is 120 Å². The molecular formula is C17H33NO. The summed E-state index contributed by atoms with van der Waals surface area (Å²) < 4.78 is 6.17. The predicted octanol–water partition coefficient (Wildman–Crippen LogP) is 4.81. The van der Waals surface area contributed by atoms with E-state index in [0.29, 0.717) is 0 Å². The minimum atomic E-state index is 0.0520. The van der Waals surface area contributed by atoms with Crippen molar-refractivity contribution in [2.24, 2.45) is 10.8 Å². The van der Waals surface area contributed by atoms with Gasteiger partial charge in [0.15, 0.2) is 0 Å². The average molecular weight is 267 g/mol. The normalized spacial score (nSPS) is 19.3. The van der Waals surface area contributed by atoms with Gasteiger partial charge in [0.05, 0.1) is 12.3 Å². The molecule has 0 radical (unpaired) electrons. The first-order valence-electron chi connectivity index (χ1n) is 7.51. The van der Waals surface area contributed by atoms with Crippen molar-refractivity contribution in [1.82, 2.24) is 4.90 Å². The second-order valence-electron chi connectivity index (χ2n) is 8.70. The third-order valence-electron chi connectivity index (χ3n) is 3.46. The number of nitrogens with zero attached hydrogens (tertiary/aromatic N) is 1. The number of hydrogen-bond acceptors (Lipinski definition) is 2. The van der Waals surface area contributed by atoms with Gasteiger partial charge in [-0.3, -0.25) is 0 Å². The van der Waals surface area contributed by atoms with Crippen LogP contribution in [0.3, 0.4) is 0 Å². The first-order chi connectivity index (χ1) is 8.35. The molecule has 1 aliphatic heterocycles. The molecule has 1 rings (SSSR count). The fourth-order valence-corrected chi connectivity index (χ4v) is 2.69. The van der Waals surface area contributed by atoms with Crippen molar-refractivity contribution in [3.05, 3.63) is 11.5 Å². The van der Waals surface area contributed by atoms with Crippen molar-refractivity contribution < 1.29 is 4.74 Å². The molecule has 1 aliphatic rings. The average Bonchev–Trinajstić information content (AvgIpc) is 2.35.